The molecule has 0 spiro atoms. The molecule has 1 amide bonds. The van der Waals surface area contributed by atoms with Gasteiger partial charge in [-0.1, -0.05) is 11.6 Å². The SMILES string of the molecule is COc1cc(N2CC[C@@H](N(C)C(=O)OC(C)(C)C)C2)c(N)cc1Nc1nccc(Nc2cc(Cl)c(F)cc2C(C)(C)O)n1. The third-order valence-electron chi connectivity index (χ3n) is 6.97. The Balaban J connectivity index is 1.52. The summed E-state index contributed by atoms with van der Waals surface area (Å²) in [6.45, 7) is 9.92. The van der Waals surface area contributed by atoms with Crippen LogP contribution in [0.5, 0.6) is 5.75 Å². The van der Waals surface area contributed by atoms with Crippen molar-refractivity contribution in [1.29, 1.82) is 0 Å². The summed E-state index contributed by atoms with van der Waals surface area (Å²) in [6.07, 6.45) is 1.95. The van der Waals surface area contributed by atoms with E-state index in [2.05, 4.69) is 25.5 Å². The summed E-state index contributed by atoms with van der Waals surface area (Å²) < 4.78 is 25.3. The maximum Gasteiger partial charge on any atom is 0.410 e. The highest BCUT2D eigenvalue weighted by molar-refractivity contribution is 6.31. The maximum absolute atomic E-state index is 14.2. The number of rotatable bonds is 8. The predicted octanol–water partition coefficient (Wildman–Crippen LogP) is 6.02. The maximum atomic E-state index is 14.2. The summed E-state index contributed by atoms with van der Waals surface area (Å²) in [5, 5.41) is 16.7. The number of likely N-dealkylation sites (N-methyl/N-ethyl adjacent to an activating group) is 1. The highest BCUT2D eigenvalue weighted by atomic mass is 35.5. The van der Waals surface area contributed by atoms with Gasteiger partial charge in [-0.2, -0.15) is 4.98 Å². The molecule has 43 heavy (non-hydrogen) atoms. The number of methoxy groups -OCH3 is 1. The monoisotopic (exact) mass is 615 g/mol. The number of amides is 1. The van der Waals surface area contributed by atoms with Gasteiger partial charge in [-0.05, 0) is 65.3 Å². The summed E-state index contributed by atoms with van der Waals surface area (Å²) in [7, 11) is 3.30. The Hall–Kier alpha value is -4.03. The van der Waals surface area contributed by atoms with Crippen LogP contribution in [0.2, 0.25) is 5.02 Å². The van der Waals surface area contributed by atoms with E-state index in [1.54, 1.807) is 51.2 Å². The van der Waals surface area contributed by atoms with Crippen LogP contribution in [0.4, 0.5) is 43.7 Å². The van der Waals surface area contributed by atoms with Crippen LogP contribution >= 0.6 is 11.6 Å². The minimum Gasteiger partial charge on any atom is -0.494 e. The number of hydrogen-bond donors (Lipinski definition) is 4. The molecule has 2 heterocycles. The van der Waals surface area contributed by atoms with E-state index in [-0.39, 0.29) is 23.1 Å². The van der Waals surface area contributed by atoms with E-state index in [4.69, 9.17) is 26.8 Å². The lowest BCUT2D eigenvalue weighted by atomic mass is 9.96. The molecule has 1 aliphatic rings. The minimum absolute atomic E-state index is 0.0328. The van der Waals surface area contributed by atoms with Gasteiger partial charge in [0.15, 0.2) is 0 Å². The summed E-state index contributed by atoms with van der Waals surface area (Å²) in [4.78, 5) is 25.1. The molecule has 0 radical (unpaired) electrons. The van der Waals surface area contributed by atoms with Gasteiger partial charge >= 0.3 is 6.09 Å². The molecule has 13 heteroatoms. The highest BCUT2D eigenvalue weighted by Gasteiger charge is 2.32. The van der Waals surface area contributed by atoms with Crippen molar-refractivity contribution in [1.82, 2.24) is 14.9 Å². The predicted molar refractivity (Wildman–Crippen MR) is 167 cm³/mol. The molecular formula is C30H39ClFN7O4. The van der Waals surface area contributed by atoms with Crippen LogP contribution < -0.4 is 26.0 Å². The lowest BCUT2D eigenvalue weighted by Crippen LogP contribution is -2.42. The molecule has 0 bridgehead atoms. The summed E-state index contributed by atoms with van der Waals surface area (Å²) >= 11 is 6.02. The third-order valence-corrected chi connectivity index (χ3v) is 7.26. The summed E-state index contributed by atoms with van der Waals surface area (Å²) in [5.41, 5.74) is 7.14. The molecule has 0 saturated carbocycles. The molecule has 232 valence electrons. The van der Waals surface area contributed by atoms with Gasteiger partial charge in [0.1, 0.15) is 23.0 Å². The average molecular weight is 616 g/mol. The zero-order valence-electron chi connectivity index (χ0n) is 25.5. The van der Waals surface area contributed by atoms with E-state index in [1.807, 2.05) is 26.8 Å². The Morgan fingerprint density at radius 2 is 1.91 bits per heavy atom. The second kappa shape index (κ2) is 12.3. The number of nitrogens with two attached hydrogens (primary N) is 1. The molecule has 4 rings (SSSR count). The van der Waals surface area contributed by atoms with E-state index in [0.717, 1.165) is 12.1 Å². The molecule has 0 unspecified atom stereocenters. The second-order valence-electron chi connectivity index (χ2n) is 12.0. The Bertz CT molecular complexity index is 1490. The van der Waals surface area contributed by atoms with Crippen molar-refractivity contribution in [2.75, 3.05) is 48.5 Å². The van der Waals surface area contributed by atoms with Gasteiger partial charge < -0.3 is 40.7 Å². The number of hydrogen-bond acceptors (Lipinski definition) is 10. The number of halogens is 2. The average Bonchev–Trinajstić information content (AvgIpc) is 3.39. The Kier molecular flexibility index (Phi) is 9.12. The molecule has 1 atom stereocenters. The number of ether oxygens (including phenoxy) is 2. The first-order valence-electron chi connectivity index (χ1n) is 13.8. The minimum atomic E-state index is -1.34. The van der Waals surface area contributed by atoms with Gasteiger partial charge in [0.2, 0.25) is 5.95 Å². The molecule has 1 saturated heterocycles. The van der Waals surface area contributed by atoms with E-state index >= 15 is 0 Å². The van der Waals surface area contributed by atoms with Crippen molar-refractivity contribution in [3.05, 3.63) is 52.9 Å². The van der Waals surface area contributed by atoms with Crippen molar-refractivity contribution in [2.45, 2.75) is 58.3 Å². The zero-order valence-corrected chi connectivity index (χ0v) is 26.2. The number of aromatic nitrogens is 2. The molecule has 3 aromatic rings. The number of aliphatic hydroxyl groups is 1. The van der Waals surface area contributed by atoms with Crippen LogP contribution in [0.25, 0.3) is 0 Å². The van der Waals surface area contributed by atoms with E-state index in [1.165, 1.54) is 12.1 Å². The van der Waals surface area contributed by atoms with Crippen molar-refractivity contribution in [2.24, 2.45) is 0 Å². The summed E-state index contributed by atoms with van der Waals surface area (Å²) in [6, 6.07) is 7.77. The van der Waals surface area contributed by atoms with Gasteiger partial charge in [-0.3, -0.25) is 0 Å². The number of benzene rings is 2. The lowest BCUT2D eigenvalue weighted by molar-refractivity contribution is 0.0237. The molecule has 1 fully saturated rings. The van der Waals surface area contributed by atoms with E-state index in [0.29, 0.717) is 47.3 Å². The molecule has 1 aliphatic heterocycles. The molecule has 5 N–H and O–H groups in total. The van der Waals surface area contributed by atoms with Crippen LogP contribution in [0, 0.1) is 5.82 Å². The second-order valence-corrected chi connectivity index (χ2v) is 12.4. The fourth-order valence-corrected chi connectivity index (χ4v) is 4.95. The Labute approximate surface area is 256 Å². The van der Waals surface area contributed by atoms with Crippen molar-refractivity contribution in [3.8, 4) is 5.75 Å². The van der Waals surface area contributed by atoms with Crippen LogP contribution in [0.3, 0.4) is 0 Å². The first kappa shape index (κ1) is 31.9. The topological polar surface area (TPSA) is 138 Å². The molecule has 11 nitrogen and oxygen atoms in total. The van der Waals surface area contributed by atoms with Crippen molar-refractivity contribution >= 4 is 52.2 Å². The number of nitrogens with one attached hydrogen (secondary N) is 2. The van der Waals surface area contributed by atoms with Crippen molar-refractivity contribution < 1.29 is 23.8 Å². The first-order valence-corrected chi connectivity index (χ1v) is 14.2. The van der Waals surface area contributed by atoms with Gasteiger partial charge in [0, 0.05) is 43.7 Å². The van der Waals surface area contributed by atoms with E-state index < -0.39 is 17.0 Å². The Morgan fingerprint density at radius 3 is 2.56 bits per heavy atom. The first-order chi connectivity index (χ1) is 20.1. The normalized spacial score (nSPS) is 15.3. The Morgan fingerprint density at radius 1 is 1.19 bits per heavy atom. The standard InChI is InChI=1S/C30H39ClFN7O4/c1-29(2,3)43-28(40)38(6)17-9-11-39(16-17)24-15-25(42-7)23(14-21(24)33)36-27-34-10-8-26(37-27)35-22-13-19(31)20(32)12-18(22)30(4,5)41/h8,10,12-15,17,41H,9,11,16,33H2,1-7H3,(H2,34,35,36,37)/t17-/m1/s1. The van der Waals surface area contributed by atoms with E-state index in [9.17, 15) is 14.3 Å². The largest absolute Gasteiger partial charge is 0.494 e. The third kappa shape index (κ3) is 7.68. The number of carbonyl (C=O) groups excluding carboxylic acids is 1. The number of nitrogen functional groups attached to an aromatic ring is 1. The van der Waals surface area contributed by atoms with Gasteiger partial charge in [-0.15, -0.1) is 0 Å². The molecule has 1 aromatic heterocycles. The van der Waals surface area contributed by atoms with Gasteiger partial charge in [-0.25, -0.2) is 14.2 Å². The lowest BCUT2D eigenvalue weighted by Gasteiger charge is -2.29. The zero-order chi connectivity index (χ0) is 31.7. The number of anilines is 6. The fourth-order valence-electron chi connectivity index (χ4n) is 4.79. The quantitative estimate of drug-likeness (QED) is 0.223. The fraction of sp³-hybridized carbons (Fsp3) is 0.433. The van der Waals surface area contributed by atoms with Gasteiger partial charge in [0.05, 0.1) is 40.8 Å². The van der Waals surface area contributed by atoms with Crippen LogP contribution in [-0.4, -0.2) is 65.0 Å². The highest BCUT2D eigenvalue weighted by Crippen LogP contribution is 2.39. The molecule has 2 aromatic carbocycles. The smallest absolute Gasteiger partial charge is 0.410 e. The van der Waals surface area contributed by atoms with Crippen LogP contribution in [-0.2, 0) is 10.3 Å². The number of nitrogens with zero attached hydrogens (tertiary/aromatic N) is 4. The molecular weight excluding hydrogens is 577 g/mol. The molecule has 0 aliphatic carbocycles. The van der Waals surface area contributed by atoms with Gasteiger partial charge in [0.25, 0.3) is 0 Å². The van der Waals surface area contributed by atoms with Crippen LogP contribution in [0.1, 0.15) is 46.6 Å². The number of carbonyl (C=O) groups is 1. The van der Waals surface area contributed by atoms with Crippen molar-refractivity contribution in [3.63, 3.8) is 0 Å². The summed E-state index contributed by atoms with van der Waals surface area (Å²) in [5.74, 6) is 0.506. The van der Waals surface area contributed by atoms with Crippen LogP contribution in [0.15, 0.2) is 36.5 Å².